The molecule has 15 heavy (non-hydrogen) atoms. The maximum Gasteiger partial charge on any atom is 0.149 e. The van der Waals surface area contributed by atoms with E-state index < -0.39 is 0 Å². The minimum absolute atomic E-state index is 0.309. The summed E-state index contributed by atoms with van der Waals surface area (Å²) in [6, 6.07) is 0.404. The number of anilines is 1. The molecule has 1 aliphatic rings. The van der Waals surface area contributed by atoms with Crippen LogP contribution in [0, 0.1) is 0 Å². The lowest BCUT2D eigenvalue weighted by Crippen LogP contribution is -2.32. The highest BCUT2D eigenvalue weighted by Crippen LogP contribution is 2.17. The number of ether oxygens (including phenoxy) is 1. The zero-order valence-electron chi connectivity index (χ0n) is 8.61. The average Bonchev–Trinajstić information content (AvgIpc) is 2.17. The predicted octanol–water partition coefficient (Wildman–Crippen LogP) is 2.11. The van der Waals surface area contributed by atoms with Gasteiger partial charge in [-0.25, -0.2) is 4.98 Å². The van der Waals surface area contributed by atoms with Gasteiger partial charge in [0.05, 0.1) is 18.5 Å². The summed E-state index contributed by atoms with van der Waals surface area (Å²) in [5.74, 6) is 0.738. The van der Waals surface area contributed by atoms with Crippen molar-refractivity contribution in [3.63, 3.8) is 0 Å². The van der Waals surface area contributed by atoms with Crippen LogP contribution in [-0.2, 0) is 4.74 Å². The molecule has 1 aromatic heterocycles. The fourth-order valence-electron chi connectivity index (χ4n) is 1.75. The van der Waals surface area contributed by atoms with Crippen LogP contribution in [0.3, 0.4) is 0 Å². The van der Waals surface area contributed by atoms with Crippen LogP contribution in [0.15, 0.2) is 12.4 Å². The molecule has 5 heteroatoms. The van der Waals surface area contributed by atoms with Crippen LogP contribution in [0.5, 0.6) is 0 Å². The summed E-state index contributed by atoms with van der Waals surface area (Å²) in [7, 11) is 0. The summed E-state index contributed by atoms with van der Waals surface area (Å²) in [5.41, 5.74) is 0. The van der Waals surface area contributed by atoms with Gasteiger partial charge in [0.1, 0.15) is 11.0 Å². The average molecular weight is 228 g/mol. The molecule has 4 nitrogen and oxygen atoms in total. The van der Waals surface area contributed by atoms with Crippen molar-refractivity contribution in [3.05, 3.63) is 17.5 Å². The third-order valence-electron chi connectivity index (χ3n) is 2.44. The third-order valence-corrected chi connectivity index (χ3v) is 2.62. The van der Waals surface area contributed by atoms with Gasteiger partial charge in [-0.1, -0.05) is 11.6 Å². The molecule has 0 saturated carbocycles. The fourth-order valence-corrected chi connectivity index (χ4v) is 1.90. The molecule has 1 aromatic rings. The molecule has 2 atom stereocenters. The highest BCUT2D eigenvalue weighted by atomic mass is 35.5. The van der Waals surface area contributed by atoms with Crippen LogP contribution in [0.25, 0.3) is 0 Å². The van der Waals surface area contributed by atoms with Crippen molar-refractivity contribution in [1.82, 2.24) is 9.97 Å². The zero-order chi connectivity index (χ0) is 10.7. The summed E-state index contributed by atoms with van der Waals surface area (Å²) in [6.07, 6.45) is 5.52. The Balaban J connectivity index is 1.96. The summed E-state index contributed by atoms with van der Waals surface area (Å²) < 4.78 is 5.47. The van der Waals surface area contributed by atoms with Gasteiger partial charge in [-0.05, 0) is 19.8 Å². The summed E-state index contributed by atoms with van der Waals surface area (Å²) in [4.78, 5) is 8.12. The molecule has 0 bridgehead atoms. The zero-order valence-corrected chi connectivity index (χ0v) is 9.37. The van der Waals surface area contributed by atoms with Crippen molar-refractivity contribution in [2.75, 3.05) is 11.9 Å². The van der Waals surface area contributed by atoms with Crippen molar-refractivity contribution >= 4 is 17.4 Å². The van der Waals surface area contributed by atoms with E-state index in [0.29, 0.717) is 17.3 Å². The van der Waals surface area contributed by atoms with Crippen LogP contribution in [0.2, 0.25) is 5.15 Å². The number of aromatic nitrogens is 2. The monoisotopic (exact) mass is 227 g/mol. The number of rotatable bonds is 2. The van der Waals surface area contributed by atoms with Gasteiger partial charge in [-0.3, -0.25) is 4.98 Å². The minimum Gasteiger partial charge on any atom is -0.378 e. The van der Waals surface area contributed by atoms with Crippen molar-refractivity contribution in [2.24, 2.45) is 0 Å². The van der Waals surface area contributed by atoms with E-state index in [9.17, 15) is 0 Å². The van der Waals surface area contributed by atoms with E-state index in [1.165, 1.54) is 6.20 Å². The molecule has 1 saturated heterocycles. The van der Waals surface area contributed by atoms with Crippen LogP contribution >= 0.6 is 11.6 Å². The highest BCUT2D eigenvalue weighted by molar-refractivity contribution is 6.29. The molecule has 2 unspecified atom stereocenters. The van der Waals surface area contributed by atoms with Crippen molar-refractivity contribution in [3.8, 4) is 0 Å². The first-order chi connectivity index (χ1) is 7.24. The first-order valence-electron chi connectivity index (χ1n) is 5.10. The normalized spacial score (nSPS) is 26.3. The molecule has 1 N–H and O–H groups in total. The van der Waals surface area contributed by atoms with Gasteiger partial charge in [0.15, 0.2) is 0 Å². The van der Waals surface area contributed by atoms with Gasteiger partial charge in [0, 0.05) is 12.6 Å². The standard InChI is InChI=1S/C10H14ClN3O/c1-7-4-8(2-3-15-7)13-10-6-12-5-9(11)14-10/h5-8H,2-4H2,1H3,(H,13,14). The maximum atomic E-state index is 5.75. The molecule has 0 amide bonds. The maximum absolute atomic E-state index is 5.75. The Kier molecular flexibility index (Phi) is 3.38. The van der Waals surface area contributed by atoms with Crippen LogP contribution in [-0.4, -0.2) is 28.7 Å². The van der Waals surface area contributed by atoms with Crippen LogP contribution in [0.4, 0.5) is 5.82 Å². The number of nitrogens with zero attached hydrogens (tertiary/aromatic N) is 2. The molecule has 0 spiro atoms. The minimum atomic E-state index is 0.309. The second-order valence-electron chi connectivity index (χ2n) is 3.77. The largest absolute Gasteiger partial charge is 0.378 e. The lowest BCUT2D eigenvalue weighted by atomic mass is 10.0. The number of nitrogens with one attached hydrogen (secondary N) is 1. The second-order valence-corrected chi connectivity index (χ2v) is 4.16. The molecule has 0 aliphatic carbocycles. The summed E-state index contributed by atoms with van der Waals surface area (Å²) >= 11 is 5.75. The van der Waals surface area contributed by atoms with E-state index in [2.05, 4.69) is 22.2 Å². The van der Waals surface area contributed by atoms with E-state index in [4.69, 9.17) is 16.3 Å². The van der Waals surface area contributed by atoms with Gasteiger partial charge in [-0.15, -0.1) is 0 Å². The smallest absolute Gasteiger partial charge is 0.149 e. The van der Waals surface area contributed by atoms with Crippen molar-refractivity contribution in [1.29, 1.82) is 0 Å². The molecule has 0 aromatic carbocycles. The number of halogens is 1. The lowest BCUT2D eigenvalue weighted by Gasteiger charge is -2.28. The SMILES string of the molecule is CC1CC(Nc2cncc(Cl)n2)CCO1. The Morgan fingerprint density at radius 1 is 1.53 bits per heavy atom. The van der Waals surface area contributed by atoms with E-state index in [-0.39, 0.29) is 0 Å². The predicted molar refractivity (Wildman–Crippen MR) is 59.1 cm³/mol. The number of hydrogen-bond donors (Lipinski definition) is 1. The Morgan fingerprint density at radius 2 is 2.40 bits per heavy atom. The fraction of sp³-hybridized carbons (Fsp3) is 0.600. The van der Waals surface area contributed by atoms with E-state index in [1.807, 2.05) is 0 Å². The van der Waals surface area contributed by atoms with Gasteiger partial charge in [0.2, 0.25) is 0 Å². The Morgan fingerprint density at radius 3 is 3.13 bits per heavy atom. The first kappa shape index (κ1) is 10.6. The first-order valence-corrected chi connectivity index (χ1v) is 5.47. The van der Waals surface area contributed by atoms with E-state index in [1.54, 1.807) is 6.20 Å². The van der Waals surface area contributed by atoms with Crippen molar-refractivity contribution in [2.45, 2.75) is 31.9 Å². The Labute approximate surface area is 94.0 Å². The highest BCUT2D eigenvalue weighted by Gasteiger charge is 2.19. The van der Waals surface area contributed by atoms with Gasteiger partial charge < -0.3 is 10.1 Å². The topological polar surface area (TPSA) is 47.0 Å². The summed E-state index contributed by atoms with van der Waals surface area (Å²) in [6.45, 7) is 2.88. The molecular weight excluding hydrogens is 214 g/mol. The van der Waals surface area contributed by atoms with E-state index in [0.717, 1.165) is 25.3 Å². The van der Waals surface area contributed by atoms with E-state index >= 15 is 0 Å². The van der Waals surface area contributed by atoms with Gasteiger partial charge in [-0.2, -0.15) is 0 Å². The third kappa shape index (κ3) is 3.04. The molecule has 2 heterocycles. The van der Waals surface area contributed by atoms with Gasteiger partial charge >= 0.3 is 0 Å². The molecule has 1 aliphatic heterocycles. The Bertz CT molecular complexity index is 334. The molecule has 2 rings (SSSR count). The molecule has 1 fully saturated rings. The summed E-state index contributed by atoms with van der Waals surface area (Å²) in [5, 5.41) is 3.73. The number of hydrogen-bond acceptors (Lipinski definition) is 4. The quantitative estimate of drug-likeness (QED) is 0.841. The van der Waals surface area contributed by atoms with Crippen LogP contribution in [0.1, 0.15) is 19.8 Å². The lowest BCUT2D eigenvalue weighted by molar-refractivity contribution is 0.0232. The van der Waals surface area contributed by atoms with Crippen molar-refractivity contribution < 1.29 is 4.74 Å². The molecule has 0 radical (unpaired) electrons. The second kappa shape index (κ2) is 4.77. The molecular formula is C10H14ClN3O. The van der Waals surface area contributed by atoms with Crippen LogP contribution < -0.4 is 5.32 Å². The molecule has 82 valence electrons. The van der Waals surface area contributed by atoms with Gasteiger partial charge in [0.25, 0.3) is 0 Å². The Hall–Kier alpha value is -0.870.